The van der Waals surface area contributed by atoms with Gasteiger partial charge in [0.1, 0.15) is 6.04 Å². The lowest BCUT2D eigenvalue weighted by atomic mass is 10.0. The molecule has 0 aliphatic carbocycles. The Morgan fingerprint density at radius 2 is 1.83 bits per heavy atom. The minimum absolute atomic E-state index is 0.0240. The Kier molecular flexibility index (Phi) is 10.5. The first-order valence-corrected chi connectivity index (χ1v) is 9.75. The van der Waals surface area contributed by atoms with Crippen molar-refractivity contribution in [1.29, 1.82) is 0 Å². The number of halogens is 2. The van der Waals surface area contributed by atoms with E-state index in [-0.39, 0.29) is 25.3 Å². The number of amides is 4. The molecule has 0 saturated heterocycles. The van der Waals surface area contributed by atoms with Crippen molar-refractivity contribution in [2.24, 2.45) is 11.7 Å². The first-order chi connectivity index (χ1) is 14.1. The molecule has 0 radical (unpaired) electrons. The Morgan fingerprint density at radius 3 is 2.37 bits per heavy atom. The van der Waals surface area contributed by atoms with Gasteiger partial charge in [-0.05, 0) is 24.0 Å². The van der Waals surface area contributed by atoms with Crippen molar-refractivity contribution < 1.29 is 23.6 Å². The molecule has 1 aromatic carbocycles. The molecule has 8 nitrogen and oxygen atoms in total. The lowest BCUT2D eigenvalue weighted by Gasteiger charge is -2.26. The molecule has 0 unspecified atom stereocenters. The van der Waals surface area contributed by atoms with Crippen LogP contribution in [0.15, 0.2) is 36.4 Å². The third-order valence-electron chi connectivity index (χ3n) is 3.85. The van der Waals surface area contributed by atoms with Crippen LogP contribution in [-0.2, 0) is 19.2 Å². The van der Waals surface area contributed by atoms with Crippen LogP contribution in [0.3, 0.4) is 0 Å². The molecule has 2 atom stereocenters. The highest BCUT2D eigenvalue weighted by molar-refractivity contribution is 6.29. The minimum Gasteiger partial charge on any atom is -0.370 e. The van der Waals surface area contributed by atoms with Crippen molar-refractivity contribution >= 4 is 41.3 Å². The summed E-state index contributed by atoms with van der Waals surface area (Å²) in [4.78, 5) is 47.7. The summed E-state index contributed by atoms with van der Waals surface area (Å²) in [7, 11) is 0. The number of rotatable bonds is 10. The molecule has 0 fully saturated rings. The quantitative estimate of drug-likeness (QED) is 0.290. The normalized spacial score (nSPS) is 13.0. The fourth-order valence-corrected chi connectivity index (χ4v) is 2.55. The van der Waals surface area contributed by atoms with Crippen LogP contribution in [0.1, 0.15) is 32.3 Å². The zero-order valence-corrected chi connectivity index (χ0v) is 17.6. The fraction of sp³-hybridized carbons (Fsp3) is 0.400. The van der Waals surface area contributed by atoms with Crippen molar-refractivity contribution in [2.75, 3.05) is 6.54 Å². The van der Waals surface area contributed by atoms with Crippen LogP contribution in [0.5, 0.6) is 0 Å². The van der Waals surface area contributed by atoms with Crippen LogP contribution in [0, 0.1) is 5.92 Å². The van der Waals surface area contributed by atoms with Crippen molar-refractivity contribution in [3.63, 3.8) is 0 Å². The van der Waals surface area contributed by atoms with Gasteiger partial charge in [-0.15, -0.1) is 0 Å². The molecule has 0 bridgehead atoms. The maximum absolute atomic E-state index is 13.2. The summed E-state index contributed by atoms with van der Waals surface area (Å²) in [5, 5.41) is 3.15. The molecule has 4 amide bonds. The molecule has 0 spiro atoms. The molecular formula is C20H26ClFN4O4. The number of primary amides is 1. The largest absolute Gasteiger partial charge is 0.370 e. The summed E-state index contributed by atoms with van der Waals surface area (Å²) in [6, 6.07) is 8.09. The lowest BCUT2D eigenvalue weighted by Crippen LogP contribution is -2.56. The van der Waals surface area contributed by atoms with Gasteiger partial charge >= 0.3 is 0 Å². The van der Waals surface area contributed by atoms with Crippen molar-refractivity contribution in [3.05, 3.63) is 42.0 Å². The van der Waals surface area contributed by atoms with E-state index in [0.29, 0.717) is 5.01 Å². The van der Waals surface area contributed by atoms with Crippen molar-refractivity contribution in [3.8, 4) is 0 Å². The summed E-state index contributed by atoms with van der Waals surface area (Å²) in [6.45, 7) is 3.33. The van der Waals surface area contributed by atoms with Crippen molar-refractivity contribution in [2.45, 2.75) is 38.4 Å². The number of benzene rings is 1. The highest BCUT2D eigenvalue weighted by Crippen LogP contribution is 2.08. The molecule has 10 heteroatoms. The number of nitrogens with two attached hydrogens (primary N) is 1. The Balaban J connectivity index is 2.86. The molecule has 30 heavy (non-hydrogen) atoms. The highest BCUT2D eigenvalue weighted by atomic mass is 35.5. The topological polar surface area (TPSA) is 122 Å². The van der Waals surface area contributed by atoms with Gasteiger partial charge in [0.05, 0.1) is 6.54 Å². The third kappa shape index (κ3) is 9.51. The number of nitrogens with zero attached hydrogens (tertiary/aromatic N) is 1. The molecule has 1 rings (SSSR count). The van der Waals surface area contributed by atoms with Gasteiger partial charge in [0.15, 0.2) is 0 Å². The van der Waals surface area contributed by atoms with Crippen LogP contribution < -0.4 is 16.5 Å². The van der Waals surface area contributed by atoms with E-state index in [1.807, 2.05) is 44.2 Å². The number of hydrogen-bond acceptors (Lipinski definition) is 4. The lowest BCUT2D eigenvalue weighted by molar-refractivity contribution is -0.145. The smallest absolute Gasteiger partial charge is 0.291 e. The third-order valence-corrected chi connectivity index (χ3v) is 4.03. The Labute approximate surface area is 179 Å². The van der Waals surface area contributed by atoms with Gasteiger partial charge in [0.2, 0.25) is 11.8 Å². The number of alkyl halides is 2. The average molecular weight is 441 g/mol. The van der Waals surface area contributed by atoms with Gasteiger partial charge in [-0.2, -0.15) is 0 Å². The van der Waals surface area contributed by atoms with Gasteiger partial charge in [-0.25, -0.2) is 9.40 Å². The molecule has 1 aromatic rings. The Hall–Kier alpha value is -2.94. The van der Waals surface area contributed by atoms with E-state index in [9.17, 15) is 23.6 Å². The average Bonchev–Trinajstić information content (AvgIpc) is 2.68. The molecule has 0 heterocycles. The second-order valence-electron chi connectivity index (χ2n) is 6.92. The second kappa shape index (κ2) is 12.6. The summed E-state index contributed by atoms with van der Waals surface area (Å²) in [5.74, 6) is -3.23. The second-order valence-corrected chi connectivity index (χ2v) is 7.30. The predicted octanol–water partition coefficient (Wildman–Crippen LogP) is 1.50. The number of hydrazine groups is 1. The molecule has 4 N–H and O–H groups in total. The summed E-state index contributed by atoms with van der Waals surface area (Å²) < 4.78 is 13.2. The van der Waals surface area contributed by atoms with Gasteiger partial charge in [0, 0.05) is 12.5 Å². The summed E-state index contributed by atoms with van der Waals surface area (Å²) >= 11 is 5.17. The maximum Gasteiger partial charge on any atom is 0.291 e. The molecule has 0 aromatic heterocycles. The SMILES string of the molecule is CC(C)C[C@H](NC(=O)/C=C/c1ccccc1)C(=O)NN(CCC(N)=O)C(=O)[C@@H](F)Cl. The number of nitrogens with one attached hydrogen (secondary N) is 2. The Bertz CT molecular complexity index is 771. The van der Waals surface area contributed by atoms with Crippen LogP contribution in [0.25, 0.3) is 6.08 Å². The summed E-state index contributed by atoms with van der Waals surface area (Å²) in [5.41, 5.74) is 5.64. The van der Waals surface area contributed by atoms with Crippen molar-refractivity contribution in [1.82, 2.24) is 15.8 Å². The van der Waals surface area contributed by atoms with Gasteiger partial charge in [-0.3, -0.25) is 24.6 Å². The van der Waals surface area contributed by atoms with Crippen LogP contribution in [0.2, 0.25) is 0 Å². The van der Waals surface area contributed by atoms with E-state index in [2.05, 4.69) is 10.7 Å². The first kappa shape index (κ1) is 25.1. The van der Waals surface area contributed by atoms with E-state index in [4.69, 9.17) is 17.3 Å². The zero-order chi connectivity index (χ0) is 22.7. The monoisotopic (exact) mass is 440 g/mol. The van der Waals surface area contributed by atoms with Gasteiger partial charge in [-0.1, -0.05) is 55.8 Å². The molecule has 0 aliphatic heterocycles. The van der Waals surface area contributed by atoms with Crippen LogP contribution >= 0.6 is 11.6 Å². The number of hydrogen-bond donors (Lipinski definition) is 3. The van der Waals surface area contributed by atoms with E-state index >= 15 is 0 Å². The van der Waals surface area contributed by atoms with E-state index in [0.717, 1.165) is 5.56 Å². The standard InChI is InChI=1S/C20H26ClFN4O4/c1-13(2)12-15(24-17(28)9-8-14-6-4-3-5-7-14)19(29)25-26(11-10-16(23)27)20(30)18(21)22/h3-9,13,15,18H,10-12H2,1-2H3,(H2,23,27)(H,24,28)(H,25,29)/b9-8+/t15-,18+/m0/s1. The van der Waals surface area contributed by atoms with Crippen LogP contribution in [0.4, 0.5) is 4.39 Å². The minimum atomic E-state index is -2.41. The van der Waals surface area contributed by atoms with Gasteiger partial charge < -0.3 is 11.1 Å². The van der Waals surface area contributed by atoms with Crippen LogP contribution in [-0.4, -0.2) is 46.9 Å². The van der Waals surface area contributed by atoms with Gasteiger partial charge in [0.25, 0.3) is 17.4 Å². The first-order valence-electron chi connectivity index (χ1n) is 9.32. The highest BCUT2D eigenvalue weighted by Gasteiger charge is 2.28. The zero-order valence-electron chi connectivity index (χ0n) is 16.8. The van der Waals surface area contributed by atoms with E-state index < -0.39 is 35.3 Å². The fourth-order valence-electron chi connectivity index (χ4n) is 2.43. The van der Waals surface area contributed by atoms with E-state index in [1.54, 1.807) is 6.08 Å². The van der Waals surface area contributed by atoms with E-state index in [1.165, 1.54) is 6.08 Å². The maximum atomic E-state index is 13.2. The molecule has 164 valence electrons. The summed E-state index contributed by atoms with van der Waals surface area (Å²) in [6.07, 6.45) is 2.82. The number of carbonyl (C=O) groups excluding carboxylic acids is 4. The number of carbonyl (C=O) groups is 4. The molecular weight excluding hydrogens is 415 g/mol. The molecule has 0 saturated carbocycles. The Morgan fingerprint density at radius 1 is 1.20 bits per heavy atom. The predicted molar refractivity (Wildman–Crippen MR) is 111 cm³/mol. The molecule has 0 aliphatic rings.